The Kier molecular flexibility index (Phi) is 3.25. The molecule has 1 aliphatic rings. The van der Waals surface area contributed by atoms with Crippen LogP contribution in [0, 0.1) is 12.7 Å². The van der Waals surface area contributed by atoms with Crippen molar-refractivity contribution < 1.29 is 14.2 Å². The van der Waals surface area contributed by atoms with E-state index >= 15 is 0 Å². The molecule has 2 nitrogen and oxygen atoms in total. The Bertz CT molecular complexity index is 692. The normalized spacial score (nSPS) is 17.2. The van der Waals surface area contributed by atoms with Gasteiger partial charge in [0.1, 0.15) is 17.7 Å². The fourth-order valence-corrected chi connectivity index (χ4v) is 2.83. The first-order chi connectivity index (χ1) is 9.88. The van der Waals surface area contributed by atoms with Crippen LogP contribution >= 0.6 is 0 Å². The molecule has 3 heteroatoms. The van der Waals surface area contributed by atoms with Gasteiger partial charge in [-0.1, -0.05) is 26.0 Å². The van der Waals surface area contributed by atoms with Crippen LogP contribution in [0.25, 0.3) is 0 Å². The maximum Gasteiger partial charge on any atom is 0.123 e. The van der Waals surface area contributed by atoms with Crippen LogP contribution in [0.3, 0.4) is 0 Å². The van der Waals surface area contributed by atoms with Gasteiger partial charge in [-0.3, -0.25) is 0 Å². The summed E-state index contributed by atoms with van der Waals surface area (Å²) < 4.78 is 18.9. The van der Waals surface area contributed by atoms with Crippen molar-refractivity contribution in [3.8, 4) is 5.75 Å². The molecule has 1 unspecified atom stereocenters. The molecular weight excluding hydrogens is 267 g/mol. The molecule has 0 saturated heterocycles. The summed E-state index contributed by atoms with van der Waals surface area (Å²) in [6.45, 7) is 6.70. The monoisotopic (exact) mass is 286 g/mol. The SMILES string of the molecule is Cc1cc(F)ccc1C(O)c1ccc2c(c1)C(C)(C)CO2. The summed E-state index contributed by atoms with van der Waals surface area (Å²) in [5.41, 5.74) is 3.34. The van der Waals surface area contributed by atoms with Crippen LogP contribution in [-0.2, 0) is 5.41 Å². The molecule has 0 radical (unpaired) electrons. The highest BCUT2D eigenvalue weighted by Crippen LogP contribution is 2.40. The third kappa shape index (κ3) is 2.42. The van der Waals surface area contributed by atoms with Crippen LogP contribution in [0.5, 0.6) is 5.75 Å². The number of hydrogen-bond donors (Lipinski definition) is 1. The van der Waals surface area contributed by atoms with Crippen molar-refractivity contribution >= 4 is 0 Å². The average molecular weight is 286 g/mol. The van der Waals surface area contributed by atoms with Gasteiger partial charge in [-0.15, -0.1) is 0 Å². The van der Waals surface area contributed by atoms with Gasteiger partial charge in [0.25, 0.3) is 0 Å². The summed E-state index contributed by atoms with van der Waals surface area (Å²) in [4.78, 5) is 0. The van der Waals surface area contributed by atoms with E-state index in [2.05, 4.69) is 13.8 Å². The van der Waals surface area contributed by atoms with Gasteiger partial charge >= 0.3 is 0 Å². The molecule has 1 aliphatic heterocycles. The number of rotatable bonds is 2. The number of benzene rings is 2. The predicted molar refractivity (Wildman–Crippen MR) is 80.2 cm³/mol. The lowest BCUT2D eigenvalue weighted by atomic mass is 9.85. The Balaban J connectivity index is 2.01. The lowest BCUT2D eigenvalue weighted by Crippen LogP contribution is -2.18. The number of aliphatic hydroxyl groups is 1. The fraction of sp³-hybridized carbons (Fsp3) is 0.333. The molecule has 2 aromatic carbocycles. The van der Waals surface area contributed by atoms with Crippen molar-refractivity contribution in [1.29, 1.82) is 0 Å². The molecule has 0 aliphatic carbocycles. The molecule has 1 heterocycles. The third-order valence-electron chi connectivity index (χ3n) is 4.16. The Morgan fingerprint density at radius 2 is 1.95 bits per heavy atom. The number of aliphatic hydroxyl groups excluding tert-OH is 1. The lowest BCUT2D eigenvalue weighted by molar-refractivity contribution is 0.219. The van der Waals surface area contributed by atoms with Crippen LogP contribution in [-0.4, -0.2) is 11.7 Å². The van der Waals surface area contributed by atoms with Gasteiger partial charge in [0.15, 0.2) is 0 Å². The zero-order valence-corrected chi connectivity index (χ0v) is 12.5. The van der Waals surface area contributed by atoms with Crippen molar-refractivity contribution in [2.45, 2.75) is 32.3 Å². The molecule has 0 saturated carbocycles. The van der Waals surface area contributed by atoms with Crippen molar-refractivity contribution in [2.24, 2.45) is 0 Å². The minimum Gasteiger partial charge on any atom is -0.492 e. The number of ether oxygens (including phenoxy) is 1. The first kappa shape index (κ1) is 14.1. The molecule has 1 N–H and O–H groups in total. The minimum atomic E-state index is -0.757. The highest BCUT2D eigenvalue weighted by atomic mass is 19.1. The number of fused-ring (bicyclic) bond motifs is 1. The molecule has 0 amide bonds. The van der Waals surface area contributed by atoms with Gasteiger partial charge < -0.3 is 9.84 Å². The van der Waals surface area contributed by atoms with Gasteiger partial charge in [0.05, 0.1) is 6.61 Å². The summed E-state index contributed by atoms with van der Waals surface area (Å²) >= 11 is 0. The van der Waals surface area contributed by atoms with Gasteiger partial charge in [-0.05, 0) is 47.9 Å². The first-order valence-corrected chi connectivity index (χ1v) is 7.10. The summed E-state index contributed by atoms with van der Waals surface area (Å²) in [6.07, 6.45) is -0.757. The standard InChI is InChI=1S/C18H19FO2/c1-11-8-13(19)5-6-14(11)17(20)12-4-7-16-15(9-12)18(2,3)10-21-16/h4-9,17,20H,10H2,1-3H3. The van der Waals surface area contributed by atoms with Crippen molar-refractivity contribution in [3.05, 3.63) is 64.5 Å². The van der Waals surface area contributed by atoms with E-state index in [-0.39, 0.29) is 11.2 Å². The Morgan fingerprint density at radius 3 is 2.67 bits per heavy atom. The van der Waals surface area contributed by atoms with E-state index in [1.54, 1.807) is 6.07 Å². The molecule has 110 valence electrons. The minimum absolute atomic E-state index is 0.0527. The van der Waals surface area contributed by atoms with E-state index < -0.39 is 6.10 Å². The average Bonchev–Trinajstić information content (AvgIpc) is 2.74. The van der Waals surface area contributed by atoms with E-state index in [0.717, 1.165) is 28.0 Å². The highest BCUT2D eigenvalue weighted by molar-refractivity contribution is 5.47. The van der Waals surface area contributed by atoms with Gasteiger partial charge in [-0.25, -0.2) is 4.39 Å². The van der Waals surface area contributed by atoms with E-state index in [1.807, 2.05) is 25.1 Å². The predicted octanol–water partition coefficient (Wildman–Crippen LogP) is 3.89. The molecule has 0 aromatic heterocycles. The highest BCUT2D eigenvalue weighted by Gasteiger charge is 2.32. The van der Waals surface area contributed by atoms with E-state index in [9.17, 15) is 9.50 Å². The second-order valence-electron chi connectivity index (χ2n) is 6.33. The summed E-state index contributed by atoms with van der Waals surface area (Å²) in [5, 5.41) is 10.6. The number of aryl methyl sites for hydroxylation is 1. The van der Waals surface area contributed by atoms with Crippen molar-refractivity contribution in [2.75, 3.05) is 6.61 Å². The maximum absolute atomic E-state index is 13.2. The molecule has 1 atom stereocenters. The van der Waals surface area contributed by atoms with Crippen molar-refractivity contribution in [3.63, 3.8) is 0 Å². The lowest BCUT2D eigenvalue weighted by Gasteiger charge is -2.19. The molecule has 21 heavy (non-hydrogen) atoms. The zero-order chi connectivity index (χ0) is 15.2. The zero-order valence-electron chi connectivity index (χ0n) is 12.5. The fourth-order valence-electron chi connectivity index (χ4n) is 2.83. The van der Waals surface area contributed by atoms with E-state index in [0.29, 0.717) is 6.61 Å². The van der Waals surface area contributed by atoms with Gasteiger partial charge in [-0.2, -0.15) is 0 Å². The van der Waals surface area contributed by atoms with Crippen molar-refractivity contribution in [1.82, 2.24) is 0 Å². The molecular formula is C18H19FO2. The smallest absolute Gasteiger partial charge is 0.123 e. The summed E-state index contributed by atoms with van der Waals surface area (Å²) in [7, 11) is 0. The third-order valence-corrected chi connectivity index (χ3v) is 4.16. The van der Waals surface area contributed by atoms with Crippen LogP contribution in [0.15, 0.2) is 36.4 Å². The quantitative estimate of drug-likeness (QED) is 0.907. The second kappa shape index (κ2) is 4.85. The summed E-state index contributed by atoms with van der Waals surface area (Å²) in [5.74, 6) is 0.596. The Hall–Kier alpha value is -1.87. The van der Waals surface area contributed by atoms with Crippen LogP contribution < -0.4 is 4.74 Å². The topological polar surface area (TPSA) is 29.5 Å². The molecule has 2 aromatic rings. The van der Waals surface area contributed by atoms with Crippen LogP contribution in [0.2, 0.25) is 0 Å². The molecule has 3 rings (SSSR count). The maximum atomic E-state index is 13.2. The molecule has 0 fully saturated rings. The van der Waals surface area contributed by atoms with Crippen LogP contribution in [0.4, 0.5) is 4.39 Å². The Morgan fingerprint density at radius 1 is 1.19 bits per heavy atom. The number of halogens is 1. The van der Waals surface area contributed by atoms with E-state index in [1.165, 1.54) is 12.1 Å². The van der Waals surface area contributed by atoms with Gasteiger partial charge in [0.2, 0.25) is 0 Å². The molecule has 0 bridgehead atoms. The first-order valence-electron chi connectivity index (χ1n) is 7.10. The Labute approximate surface area is 124 Å². The number of hydrogen-bond acceptors (Lipinski definition) is 2. The second-order valence-corrected chi connectivity index (χ2v) is 6.33. The van der Waals surface area contributed by atoms with E-state index in [4.69, 9.17) is 4.74 Å². The van der Waals surface area contributed by atoms with Gasteiger partial charge in [0, 0.05) is 11.0 Å². The van der Waals surface area contributed by atoms with Crippen LogP contribution in [0.1, 0.15) is 42.2 Å². The largest absolute Gasteiger partial charge is 0.492 e. The molecule has 0 spiro atoms. The summed E-state index contributed by atoms with van der Waals surface area (Å²) in [6, 6.07) is 10.2.